The van der Waals surface area contributed by atoms with Gasteiger partial charge in [-0.05, 0) is 73.4 Å². The van der Waals surface area contributed by atoms with Crippen molar-refractivity contribution in [1.82, 2.24) is 10.2 Å². The van der Waals surface area contributed by atoms with Gasteiger partial charge in [0.25, 0.3) is 10.0 Å². The van der Waals surface area contributed by atoms with Crippen molar-refractivity contribution in [2.75, 3.05) is 32.2 Å². The molecule has 12 heteroatoms. The zero-order valence-electron chi connectivity index (χ0n) is 26.7. The minimum Gasteiger partial charge on any atom is -0.497 e. The number of halogens is 1. The predicted molar refractivity (Wildman–Crippen MR) is 173 cm³/mol. The summed E-state index contributed by atoms with van der Waals surface area (Å²) in [5.74, 6) is -0.314. The Morgan fingerprint density at radius 2 is 1.54 bits per heavy atom. The number of nitrogens with one attached hydrogen (secondary N) is 1. The number of hydrogen-bond donors (Lipinski definition) is 1. The molecule has 1 N–H and O–H groups in total. The Bertz CT molecular complexity index is 1580. The summed E-state index contributed by atoms with van der Waals surface area (Å²) in [4.78, 5) is 29.3. The molecule has 10 nitrogen and oxygen atoms in total. The van der Waals surface area contributed by atoms with Crippen LogP contribution in [-0.4, -0.2) is 65.1 Å². The minimum absolute atomic E-state index is 0.0226. The van der Waals surface area contributed by atoms with E-state index in [1.807, 2.05) is 6.92 Å². The van der Waals surface area contributed by atoms with Gasteiger partial charge in [0.05, 0.1) is 31.9 Å². The number of hydrogen-bond acceptors (Lipinski definition) is 7. The van der Waals surface area contributed by atoms with Gasteiger partial charge in [-0.3, -0.25) is 13.9 Å². The van der Waals surface area contributed by atoms with Gasteiger partial charge in [0.1, 0.15) is 24.2 Å². The van der Waals surface area contributed by atoms with Gasteiger partial charge in [-0.2, -0.15) is 0 Å². The molecule has 1 aliphatic rings. The highest BCUT2D eigenvalue weighted by molar-refractivity contribution is 7.92. The van der Waals surface area contributed by atoms with E-state index in [9.17, 15) is 22.4 Å². The third-order valence-electron chi connectivity index (χ3n) is 8.19. The maximum Gasteiger partial charge on any atom is 0.264 e. The molecule has 1 fully saturated rings. The van der Waals surface area contributed by atoms with Crippen molar-refractivity contribution in [2.24, 2.45) is 0 Å². The van der Waals surface area contributed by atoms with Crippen LogP contribution in [0.1, 0.15) is 51.0 Å². The van der Waals surface area contributed by atoms with Crippen LogP contribution in [0.5, 0.6) is 17.2 Å². The van der Waals surface area contributed by atoms with Gasteiger partial charge in [0.2, 0.25) is 11.8 Å². The Morgan fingerprint density at radius 1 is 0.891 bits per heavy atom. The van der Waals surface area contributed by atoms with E-state index in [4.69, 9.17) is 14.2 Å². The second-order valence-electron chi connectivity index (χ2n) is 11.1. The SMILES string of the molecule is CCC(C(=O)NC1CCCCC1)N(Cc1ccc(OC)cc1)C(=O)CN(c1ccc(F)cc1)S(=O)(=O)c1ccc(OC)c(OC)c1. The summed E-state index contributed by atoms with van der Waals surface area (Å²) in [7, 11) is -0.0308. The molecule has 1 saturated carbocycles. The maximum atomic E-state index is 14.3. The van der Waals surface area contributed by atoms with Gasteiger partial charge >= 0.3 is 0 Å². The van der Waals surface area contributed by atoms with Crippen LogP contribution >= 0.6 is 0 Å². The number of anilines is 1. The Morgan fingerprint density at radius 3 is 2.13 bits per heavy atom. The van der Waals surface area contributed by atoms with Gasteiger partial charge in [0, 0.05) is 18.7 Å². The zero-order valence-corrected chi connectivity index (χ0v) is 27.5. The molecule has 0 saturated heterocycles. The molecule has 2 amide bonds. The lowest BCUT2D eigenvalue weighted by Gasteiger charge is -2.34. The van der Waals surface area contributed by atoms with Crippen molar-refractivity contribution in [3.05, 3.63) is 78.1 Å². The van der Waals surface area contributed by atoms with E-state index in [2.05, 4.69) is 5.32 Å². The number of carbonyl (C=O) groups excluding carboxylic acids is 2. The lowest BCUT2D eigenvalue weighted by molar-refractivity contribution is -0.140. The zero-order chi connectivity index (χ0) is 33.3. The van der Waals surface area contributed by atoms with Gasteiger partial charge in [0.15, 0.2) is 11.5 Å². The molecule has 248 valence electrons. The molecule has 1 unspecified atom stereocenters. The third-order valence-corrected chi connectivity index (χ3v) is 9.96. The molecule has 4 rings (SSSR count). The average Bonchev–Trinajstić information content (AvgIpc) is 3.07. The van der Waals surface area contributed by atoms with Crippen LogP contribution in [0.25, 0.3) is 0 Å². The second-order valence-corrected chi connectivity index (χ2v) is 13.0. The number of amides is 2. The number of ether oxygens (including phenoxy) is 3. The summed E-state index contributed by atoms with van der Waals surface area (Å²) in [5, 5.41) is 3.13. The molecular weight excluding hydrogens is 613 g/mol. The minimum atomic E-state index is -4.40. The maximum absolute atomic E-state index is 14.3. The average molecular weight is 656 g/mol. The van der Waals surface area contributed by atoms with Crippen molar-refractivity contribution in [1.29, 1.82) is 0 Å². The molecule has 3 aromatic rings. The summed E-state index contributed by atoms with van der Waals surface area (Å²) in [5.41, 5.74) is 0.808. The summed E-state index contributed by atoms with van der Waals surface area (Å²) in [6.45, 7) is 1.22. The van der Waals surface area contributed by atoms with Gasteiger partial charge in [-0.15, -0.1) is 0 Å². The lowest BCUT2D eigenvalue weighted by Crippen LogP contribution is -2.54. The molecule has 0 aromatic heterocycles. The first-order valence-electron chi connectivity index (χ1n) is 15.3. The predicted octanol–water partition coefficient (Wildman–Crippen LogP) is 5.30. The highest BCUT2D eigenvalue weighted by atomic mass is 32.2. The lowest BCUT2D eigenvalue weighted by atomic mass is 9.95. The van der Waals surface area contributed by atoms with Crippen LogP contribution in [0, 0.1) is 5.82 Å². The molecule has 0 aliphatic heterocycles. The summed E-state index contributed by atoms with van der Waals surface area (Å²) in [6, 6.07) is 15.2. The first-order chi connectivity index (χ1) is 22.1. The Balaban J connectivity index is 1.73. The quantitative estimate of drug-likeness (QED) is 0.251. The van der Waals surface area contributed by atoms with E-state index in [-0.39, 0.29) is 34.8 Å². The summed E-state index contributed by atoms with van der Waals surface area (Å²) >= 11 is 0. The number of rotatable bonds is 14. The Labute approximate surface area is 270 Å². The molecule has 0 spiro atoms. The molecule has 0 bridgehead atoms. The molecule has 0 radical (unpaired) electrons. The van der Waals surface area contributed by atoms with Gasteiger partial charge in [-0.1, -0.05) is 38.3 Å². The monoisotopic (exact) mass is 655 g/mol. The summed E-state index contributed by atoms with van der Waals surface area (Å²) in [6.07, 6.45) is 5.22. The highest BCUT2D eigenvalue weighted by Gasteiger charge is 2.35. The number of benzene rings is 3. The van der Waals surface area contributed by atoms with Crippen molar-refractivity contribution in [3.63, 3.8) is 0 Å². The summed E-state index contributed by atoms with van der Waals surface area (Å²) < 4.78 is 59.1. The topological polar surface area (TPSA) is 114 Å². The van der Waals surface area contributed by atoms with Gasteiger partial charge < -0.3 is 24.4 Å². The van der Waals surface area contributed by atoms with Crippen molar-refractivity contribution in [3.8, 4) is 17.2 Å². The first kappa shape index (κ1) is 34.6. The van der Waals surface area contributed by atoms with E-state index < -0.39 is 34.3 Å². The highest BCUT2D eigenvalue weighted by Crippen LogP contribution is 2.32. The van der Waals surface area contributed by atoms with Gasteiger partial charge in [-0.25, -0.2) is 12.8 Å². The first-order valence-corrected chi connectivity index (χ1v) is 16.8. The van der Waals surface area contributed by atoms with E-state index in [0.29, 0.717) is 17.9 Å². The van der Waals surface area contributed by atoms with Crippen LogP contribution in [0.2, 0.25) is 0 Å². The second kappa shape index (κ2) is 15.8. The Kier molecular flexibility index (Phi) is 11.9. The van der Waals surface area contributed by atoms with Crippen LogP contribution in [0.15, 0.2) is 71.6 Å². The smallest absolute Gasteiger partial charge is 0.264 e. The van der Waals surface area contributed by atoms with Crippen molar-refractivity contribution in [2.45, 2.75) is 69.0 Å². The normalized spacial score (nSPS) is 14.2. The standard InChI is InChI=1S/C34H42FN3O7S/c1-5-30(34(40)36-26-9-7-6-8-10-26)37(22-24-11-17-28(43-2)18-12-24)33(39)23-38(27-15-13-25(35)14-16-27)46(41,42)29-19-20-31(44-3)32(21-29)45-4/h11-21,26,30H,5-10,22-23H2,1-4H3,(H,36,40). The molecule has 1 aliphatic carbocycles. The number of carbonyl (C=O) groups is 2. The fraction of sp³-hybridized carbons (Fsp3) is 0.412. The molecule has 0 heterocycles. The van der Waals surface area contributed by atoms with Crippen LogP contribution < -0.4 is 23.8 Å². The number of methoxy groups -OCH3 is 3. The van der Waals surface area contributed by atoms with Crippen LogP contribution in [0.4, 0.5) is 10.1 Å². The number of sulfonamides is 1. The van der Waals surface area contributed by atoms with Crippen molar-refractivity contribution < 1.29 is 36.6 Å². The van der Waals surface area contributed by atoms with Crippen LogP contribution in [0.3, 0.4) is 0 Å². The van der Waals surface area contributed by atoms with Crippen molar-refractivity contribution >= 4 is 27.5 Å². The van der Waals surface area contributed by atoms with Crippen LogP contribution in [-0.2, 0) is 26.2 Å². The van der Waals surface area contributed by atoms with E-state index >= 15 is 0 Å². The molecular formula is C34H42FN3O7S. The molecule has 46 heavy (non-hydrogen) atoms. The fourth-order valence-electron chi connectivity index (χ4n) is 5.63. The Hall–Kier alpha value is -4.32. The van der Waals surface area contributed by atoms with E-state index in [1.165, 1.54) is 49.5 Å². The van der Waals surface area contributed by atoms with E-state index in [1.54, 1.807) is 31.4 Å². The van der Waals surface area contributed by atoms with E-state index in [0.717, 1.165) is 54.1 Å². The fourth-order valence-corrected chi connectivity index (χ4v) is 7.06. The third kappa shape index (κ3) is 8.28. The number of nitrogens with zero attached hydrogens (tertiary/aromatic N) is 2. The molecule has 1 atom stereocenters. The molecule has 3 aromatic carbocycles. The largest absolute Gasteiger partial charge is 0.497 e.